The number of hydrogen-bond acceptors (Lipinski definition) is 5. The molecule has 3 aromatic heterocycles. The monoisotopic (exact) mass is 281 g/mol. The lowest BCUT2D eigenvalue weighted by atomic mass is 10.2. The van der Waals surface area contributed by atoms with Crippen LogP contribution in [-0.2, 0) is 13.5 Å². The minimum Gasteiger partial charge on any atom is -0.354 e. The van der Waals surface area contributed by atoms with E-state index < -0.39 is 0 Å². The first-order valence-corrected chi connectivity index (χ1v) is 6.69. The Bertz CT molecular complexity index is 813. The van der Waals surface area contributed by atoms with E-state index in [4.69, 9.17) is 0 Å². The van der Waals surface area contributed by atoms with Gasteiger partial charge in [0.25, 0.3) is 5.56 Å². The molecule has 6 heteroatoms. The molecule has 0 spiro atoms. The second kappa shape index (κ2) is 5.70. The number of nitrogens with zero attached hydrogens (tertiary/aromatic N) is 4. The highest BCUT2D eigenvalue weighted by Crippen LogP contribution is 2.09. The molecule has 0 aliphatic rings. The van der Waals surface area contributed by atoms with Crippen LogP contribution in [0.25, 0.3) is 11.0 Å². The lowest BCUT2D eigenvalue weighted by molar-refractivity contribution is 0.881. The number of rotatable bonds is 4. The highest BCUT2D eigenvalue weighted by Gasteiger charge is 2.03. The van der Waals surface area contributed by atoms with Gasteiger partial charge in [-0.05, 0) is 30.2 Å². The van der Waals surface area contributed by atoms with Crippen molar-refractivity contribution >= 4 is 17.0 Å². The summed E-state index contributed by atoms with van der Waals surface area (Å²) in [6.07, 6.45) is 6.13. The molecule has 0 radical (unpaired) electrons. The van der Waals surface area contributed by atoms with E-state index in [0.717, 1.165) is 18.4 Å². The number of hydrogen-bond donors (Lipinski definition) is 1. The van der Waals surface area contributed by atoms with Crippen molar-refractivity contribution in [3.8, 4) is 0 Å². The minimum absolute atomic E-state index is 0.0797. The maximum absolute atomic E-state index is 11.6. The molecule has 0 bridgehead atoms. The van der Waals surface area contributed by atoms with Gasteiger partial charge >= 0.3 is 0 Å². The molecule has 1 N–H and O–H groups in total. The number of aromatic nitrogens is 4. The molecule has 3 heterocycles. The first kappa shape index (κ1) is 13.2. The summed E-state index contributed by atoms with van der Waals surface area (Å²) in [6, 6.07) is 7.21. The maximum atomic E-state index is 11.6. The van der Waals surface area contributed by atoms with Crippen molar-refractivity contribution in [2.24, 2.45) is 7.05 Å². The Kier molecular flexibility index (Phi) is 3.59. The van der Waals surface area contributed by atoms with Gasteiger partial charge in [-0.25, -0.2) is 4.98 Å². The third kappa shape index (κ3) is 2.89. The van der Waals surface area contributed by atoms with E-state index in [1.807, 2.05) is 12.1 Å². The molecule has 3 aromatic rings. The zero-order valence-electron chi connectivity index (χ0n) is 11.7. The van der Waals surface area contributed by atoms with Crippen molar-refractivity contribution in [1.82, 2.24) is 19.5 Å². The highest BCUT2D eigenvalue weighted by molar-refractivity contribution is 5.74. The van der Waals surface area contributed by atoms with E-state index in [1.165, 1.54) is 16.2 Å². The summed E-state index contributed by atoms with van der Waals surface area (Å²) < 4.78 is 1.52. The minimum atomic E-state index is -0.0797. The molecule has 0 aromatic carbocycles. The fourth-order valence-electron chi connectivity index (χ4n) is 2.10. The Morgan fingerprint density at radius 3 is 2.81 bits per heavy atom. The Morgan fingerprint density at radius 2 is 2.00 bits per heavy atom. The second-order valence-corrected chi connectivity index (χ2v) is 4.74. The summed E-state index contributed by atoms with van der Waals surface area (Å²) in [5.41, 5.74) is 1.75. The van der Waals surface area contributed by atoms with Gasteiger partial charge in [0.2, 0.25) is 5.95 Å². The van der Waals surface area contributed by atoms with Crippen LogP contribution < -0.4 is 10.9 Å². The molecule has 0 amide bonds. The Labute approximate surface area is 121 Å². The third-order valence-corrected chi connectivity index (χ3v) is 3.30. The van der Waals surface area contributed by atoms with Crippen LogP contribution in [0, 0.1) is 0 Å². The van der Waals surface area contributed by atoms with Crippen LogP contribution in [0.4, 0.5) is 5.95 Å². The van der Waals surface area contributed by atoms with Gasteiger partial charge in [0.1, 0.15) is 5.65 Å². The summed E-state index contributed by atoms with van der Waals surface area (Å²) in [5.74, 6) is 0.526. The quantitative estimate of drug-likeness (QED) is 0.782. The van der Waals surface area contributed by atoms with Crippen molar-refractivity contribution in [2.75, 3.05) is 11.9 Å². The summed E-state index contributed by atoms with van der Waals surface area (Å²) in [6.45, 7) is 0.719. The van der Waals surface area contributed by atoms with Crippen molar-refractivity contribution in [2.45, 2.75) is 6.42 Å². The number of nitrogens with one attached hydrogen (secondary N) is 1. The van der Waals surface area contributed by atoms with Crippen LogP contribution in [0.2, 0.25) is 0 Å². The smallest absolute Gasteiger partial charge is 0.251 e. The molecule has 0 fully saturated rings. The average Bonchev–Trinajstić information content (AvgIpc) is 2.52. The van der Waals surface area contributed by atoms with Crippen LogP contribution in [0.5, 0.6) is 0 Å². The summed E-state index contributed by atoms with van der Waals surface area (Å²) in [4.78, 5) is 24.3. The fourth-order valence-corrected chi connectivity index (χ4v) is 2.10. The van der Waals surface area contributed by atoms with Crippen LogP contribution in [0.3, 0.4) is 0 Å². The van der Waals surface area contributed by atoms with Crippen LogP contribution in [0.15, 0.2) is 47.7 Å². The Morgan fingerprint density at radius 1 is 1.19 bits per heavy atom. The van der Waals surface area contributed by atoms with Gasteiger partial charge < -0.3 is 5.32 Å². The molecule has 106 valence electrons. The van der Waals surface area contributed by atoms with Gasteiger partial charge in [0.15, 0.2) is 0 Å². The average molecular weight is 281 g/mol. The third-order valence-electron chi connectivity index (χ3n) is 3.30. The van der Waals surface area contributed by atoms with E-state index in [-0.39, 0.29) is 5.56 Å². The van der Waals surface area contributed by atoms with Crippen molar-refractivity contribution in [3.63, 3.8) is 0 Å². The molecular formula is C15H15N5O. The Hall–Kier alpha value is -2.76. The number of aryl methyl sites for hydroxylation is 1. The number of pyridine rings is 2. The predicted octanol–water partition coefficient (Wildman–Crippen LogP) is 1.38. The lowest BCUT2D eigenvalue weighted by Crippen LogP contribution is -2.17. The zero-order chi connectivity index (χ0) is 14.7. The normalized spacial score (nSPS) is 10.7. The molecular weight excluding hydrogens is 266 g/mol. The van der Waals surface area contributed by atoms with Crippen LogP contribution in [-0.4, -0.2) is 26.1 Å². The molecule has 0 saturated heterocycles. The zero-order valence-corrected chi connectivity index (χ0v) is 11.7. The van der Waals surface area contributed by atoms with E-state index in [2.05, 4.69) is 20.3 Å². The van der Waals surface area contributed by atoms with Gasteiger partial charge in [0.05, 0.1) is 0 Å². The predicted molar refractivity (Wildman–Crippen MR) is 81.2 cm³/mol. The second-order valence-electron chi connectivity index (χ2n) is 4.74. The molecule has 6 nitrogen and oxygen atoms in total. The van der Waals surface area contributed by atoms with E-state index in [1.54, 1.807) is 31.7 Å². The molecule has 0 aliphatic carbocycles. The highest BCUT2D eigenvalue weighted by atomic mass is 16.1. The van der Waals surface area contributed by atoms with Gasteiger partial charge in [0, 0.05) is 43.6 Å². The molecule has 0 aliphatic heterocycles. The molecule has 0 atom stereocenters. The molecule has 21 heavy (non-hydrogen) atoms. The lowest BCUT2D eigenvalue weighted by Gasteiger charge is -2.07. The van der Waals surface area contributed by atoms with Gasteiger partial charge in [-0.1, -0.05) is 0 Å². The molecule has 0 saturated carbocycles. The standard InChI is InChI=1S/C15H15N5O/c1-20-13(21)3-2-12-10-18-15(19-14(12)20)17-9-6-11-4-7-16-8-5-11/h2-5,7-8,10H,6,9H2,1H3,(H,17,18,19). The van der Waals surface area contributed by atoms with Crippen molar-refractivity contribution in [3.05, 3.63) is 58.8 Å². The van der Waals surface area contributed by atoms with Gasteiger partial charge in [-0.3, -0.25) is 14.3 Å². The first-order valence-electron chi connectivity index (χ1n) is 6.69. The SMILES string of the molecule is Cn1c(=O)ccc2cnc(NCCc3ccncc3)nc21. The Balaban J connectivity index is 1.75. The molecule has 3 rings (SSSR count). The van der Waals surface area contributed by atoms with Crippen LogP contribution in [0.1, 0.15) is 5.56 Å². The summed E-state index contributed by atoms with van der Waals surface area (Å²) in [7, 11) is 1.71. The van der Waals surface area contributed by atoms with Gasteiger partial charge in [-0.2, -0.15) is 4.98 Å². The van der Waals surface area contributed by atoms with Crippen molar-refractivity contribution in [1.29, 1.82) is 0 Å². The largest absolute Gasteiger partial charge is 0.354 e. The van der Waals surface area contributed by atoms with Crippen molar-refractivity contribution < 1.29 is 0 Å². The van der Waals surface area contributed by atoms with E-state index >= 15 is 0 Å². The molecule has 0 unspecified atom stereocenters. The summed E-state index contributed by atoms with van der Waals surface area (Å²) in [5, 5.41) is 4.02. The van der Waals surface area contributed by atoms with Crippen LogP contribution >= 0.6 is 0 Å². The van der Waals surface area contributed by atoms with E-state index in [9.17, 15) is 4.79 Å². The summed E-state index contributed by atoms with van der Waals surface area (Å²) >= 11 is 0. The maximum Gasteiger partial charge on any atom is 0.251 e. The van der Waals surface area contributed by atoms with E-state index in [0.29, 0.717) is 11.6 Å². The number of anilines is 1. The fraction of sp³-hybridized carbons (Fsp3) is 0.200. The first-order chi connectivity index (χ1) is 10.2. The van der Waals surface area contributed by atoms with Gasteiger partial charge in [-0.15, -0.1) is 0 Å². The number of fused-ring (bicyclic) bond motifs is 1. The topological polar surface area (TPSA) is 72.7 Å².